The summed E-state index contributed by atoms with van der Waals surface area (Å²) in [6.07, 6.45) is 3.51. The summed E-state index contributed by atoms with van der Waals surface area (Å²) in [5, 5.41) is 4.92. The molecular weight excluding hydrogens is 515 g/mol. The van der Waals surface area contributed by atoms with Crippen molar-refractivity contribution in [3.8, 4) is 0 Å². The van der Waals surface area contributed by atoms with E-state index in [0.29, 0.717) is 41.3 Å². The first-order chi connectivity index (χ1) is 17.2. The van der Waals surface area contributed by atoms with Crippen LogP contribution in [-0.4, -0.2) is 57.4 Å². The van der Waals surface area contributed by atoms with E-state index in [9.17, 15) is 9.59 Å². The van der Waals surface area contributed by atoms with Crippen molar-refractivity contribution in [1.82, 2.24) is 19.8 Å². The molecule has 0 bridgehead atoms. The summed E-state index contributed by atoms with van der Waals surface area (Å²) < 4.78 is 9.16. The standard InChI is InChI=1S/C26H33Cl2N6O3/c1-14-8-9-29-26(7)16(3)33-20(28)18(27)12-17-21(30-23(35)34(19(14)26)22(17)33)32-11-10-31(13-15(32)2)24(36)37-25(4,5)6/h8-9,12,15-16,29H,10-11,13H2,1-7H3/q+1/t15-,16?,26?/m0/s1. The highest BCUT2D eigenvalue weighted by Crippen LogP contribution is 2.42. The molecule has 0 radical (unpaired) electrons. The highest BCUT2D eigenvalue weighted by molar-refractivity contribution is 6.41. The number of hydrogen-bond donors (Lipinski definition) is 1. The molecule has 2 aromatic rings. The van der Waals surface area contributed by atoms with E-state index in [-0.39, 0.29) is 23.9 Å². The van der Waals surface area contributed by atoms with Gasteiger partial charge in [-0.25, -0.2) is 14.2 Å². The number of amides is 1. The van der Waals surface area contributed by atoms with Gasteiger partial charge in [0.2, 0.25) is 5.15 Å². The zero-order chi connectivity index (χ0) is 27.0. The number of piperazine rings is 1. The van der Waals surface area contributed by atoms with Crippen molar-refractivity contribution in [2.24, 2.45) is 0 Å². The van der Waals surface area contributed by atoms with Crippen LogP contribution in [0.1, 0.15) is 54.5 Å². The minimum atomic E-state index is -0.600. The maximum absolute atomic E-state index is 13.8. The zero-order valence-corrected chi connectivity index (χ0v) is 23.7. The van der Waals surface area contributed by atoms with Gasteiger partial charge in [0.1, 0.15) is 33.3 Å². The summed E-state index contributed by atoms with van der Waals surface area (Å²) in [7, 11) is 0. The van der Waals surface area contributed by atoms with Crippen LogP contribution >= 0.6 is 23.2 Å². The molecule has 37 heavy (non-hydrogen) atoms. The lowest BCUT2D eigenvalue weighted by atomic mass is 9.83. The van der Waals surface area contributed by atoms with Crippen LogP contribution in [0.15, 0.2) is 28.7 Å². The van der Waals surface area contributed by atoms with Gasteiger partial charge in [-0.05, 0) is 84.0 Å². The first-order valence-electron chi connectivity index (χ1n) is 12.5. The van der Waals surface area contributed by atoms with Crippen molar-refractivity contribution < 1.29 is 14.1 Å². The molecule has 1 amide bonds. The van der Waals surface area contributed by atoms with Crippen molar-refractivity contribution in [2.75, 3.05) is 24.5 Å². The number of nitrogens with one attached hydrogen (secondary N) is 1. The number of carbonyl (C=O) groups excluding carboxylic acids is 1. The third-order valence-corrected chi connectivity index (χ3v) is 8.34. The number of rotatable bonds is 1. The SMILES string of the molecule is CC1=C2n3c(=O)nc(N4CCN(C(=O)OC(C)(C)C)C[C@@H]4C)c4cc(Cl)c(Cl)[n+](c43)C(C)C2(C)NC=C1. The van der Waals surface area contributed by atoms with E-state index < -0.39 is 11.1 Å². The number of allylic oxidation sites excluding steroid dienone is 2. The maximum Gasteiger partial charge on any atom is 0.441 e. The normalized spacial score (nSPS) is 25.3. The summed E-state index contributed by atoms with van der Waals surface area (Å²) in [5.41, 5.74) is 0.916. The molecule has 5 rings (SSSR count). The molecule has 1 saturated heterocycles. The third-order valence-electron chi connectivity index (χ3n) is 7.57. The molecule has 0 saturated carbocycles. The predicted octanol–water partition coefficient (Wildman–Crippen LogP) is 4.12. The number of anilines is 1. The van der Waals surface area contributed by atoms with Gasteiger partial charge in [-0.15, -0.1) is 4.57 Å². The fourth-order valence-electron chi connectivity index (χ4n) is 5.69. The summed E-state index contributed by atoms with van der Waals surface area (Å²) >= 11 is 13.5. The van der Waals surface area contributed by atoms with Crippen molar-refractivity contribution in [3.05, 3.63) is 44.6 Å². The summed E-state index contributed by atoms with van der Waals surface area (Å²) in [6, 6.07) is 1.52. The lowest BCUT2D eigenvalue weighted by Gasteiger charge is -2.43. The van der Waals surface area contributed by atoms with E-state index in [2.05, 4.69) is 29.0 Å². The van der Waals surface area contributed by atoms with Crippen molar-refractivity contribution in [3.63, 3.8) is 0 Å². The molecule has 11 heteroatoms. The minimum Gasteiger partial charge on any atom is -0.444 e. The Bertz CT molecular complexity index is 1440. The molecule has 9 nitrogen and oxygen atoms in total. The Balaban J connectivity index is 1.66. The fraction of sp³-hybridized carbons (Fsp3) is 0.538. The van der Waals surface area contributed by atoms with Crippen LogP contribution in [0.4, 0.5) is 10.6 Å². The number of halogens is 2. The lowest BCUT2D eigenvalue weighted by Crippen LogP contribution is -2.64. The number of dihydropyridines is 1. The van der Waals surface area contributed by atoms with E-state index in [1.54, 1.807) is 15.5 Å². The van der Waals surface area contributed by atoms with Crippen LogP contribution in [0.3, 0.4) is 0 Å². The maximum atomic E-state index is 13.8. The van der Waals surface area contributed by atoms with Crippen LogP contribution in [0.5, 0.6) is 0 Å². The molecule has 2 aromatic heterocycles. The van der Waals surface area contributed by atoms with E-state index >= 15 is 0 Å². The molecular formula is C26H33Cl2N6O3+. The summed E-state index contributed by atoms with van der Waals surface area (Å²) in [4.78, 5) is 34.8. The lowest BCUT2D eigenvalue weighted by molar-refractivity contribution is -0.704. The highest BCUT2D eigenvalue weighted by atomic mass is 35.5. The van der Waals surface area contributed by atoms with Crippen molar-refractivity contribution in [1.29, 1.82) is 0 Å². The van der Waals surface area contributed by atoms with Gasteiger partial charge in [-0.3, -0.25) is 0 Å². The minimum absolute atomic E-state index is 0.110. The van der Waals surface area contributed by atoms with Crippen LogP contribution in [0.25, 0.3) is 16.7 Å². The second-order valence-corrected chi connectivity index (χ2v) is 12.1. The van der Waals surface area contributed by atoms with E-state index in [1.165, 1.54) is 0 Å². The smallest absolute Gasteiger partial charge is 0.441 e. The Morgan fingerprint density at radius 1 is 1.27 bits per heavy atom. The van der Waals surface area contributed by atoms with Crippen LogP contribution in [0, 0.1) is 0 Å². The molecule has 3 aliphatic rings. The van der Waals surface area contributed by atoms with Crippen molar-refractivity contribution >= 4 is 51.8 Å². The molecule has 0 spiro atoms. The summed E-state index contributed by atoms with van der Waals surface area (Å²) in [6.45, 7) is 15.1. The summed E-state index contributed by atoms with van der Waals surface area (Å²) in [5.74, 6) is 0.535. The molecule has 3 aliphatic heterocycles. The van der Waals surface area contributed by atoms with Crippen LogP contribution in [0.2, 0.25) is 10.2 Å². The number of nitrogens with zero attached hydrogens (tertiary/aromatic N) is 5. The fourth-order valence-corrected chi connectivity index (χ4v) is 6.17. The Morgan fingerprint density at radius 2 is 1.97 bits per heavy atom. The highest BCUT2D eigenvalue weighted by Gasteiger charge is 2.52. The number of aromatic nitrogens is 3. The number of pyridine rings is 1. The van der Waals surface area contributed by atoms with E-state index in [4.69, 9.17) is 27.9 Å². The zero-order valence-electron chi connectivity index (χ0n) is 22.2. The Morgan fingerprint density at radius 3 is 2.62 bits per heavy atom. The molecule has 1 fully saturated rings. The van der Waals surface area contributed by atoms with Gasteiger partial charge in [-0.2, -0.15) is 4.98 Å². The monoisotopic (exact) mass is 547 g/mol. The third kappa shape index (κ3) is 3.98. The Hall–Kier alpha value is -2.78. The predicted molar refractivity (Wildman–Crippen MR) is 145 cm³/mol. The van der Waals surface area contributed by atoms with E-state index in [0.717, 1.165) is 16.7 Å². The molecule has 1 N–H and O–H groups in total. The second kappa shape index (κ2) is 8.63. The first kappa shape index (κ1) is 25.9. The van der Waals surface area contributed by atoms with Gasteiger partial charge >= 0.3 is 17.4 Å². The van der Waals surface area contributed by atoms with Crippen LogP contribution < -0.4 is 20.5 Å². The van der Waals surface area contributed by atoms with Crippen LogP contribution in [-0.2, 0) is 4.74 Å². The van der Waals surface area contributed by atoms with Gasteiger partial charge in [0, 0.05) is 25.7 Å². The van der Waals surface area contributed by atoms with Gasteiger partial charge < -0.3 is 19.9 Å². The van der Waals surface area contributed by atoms with E-state index in [1.807, 2.05) is 51.5 Å². The quantitative estimate of drug-likeness (QED) is 0.427. The van der Waals surface area contributed by atoms with Gasteiger partial charge in [0.25, 0.3) is 0 Å². The Labute approximate surface area is 226 Å². The topological polar surface area (TPSA) is 83.6 Å². The average molecular weight is 548 g/mol. The second-order valence-electron chi connectivity index (χ2n) is 11.3. The average Bonchev–Trinajstić information content (AvgIpc) is 2.79. The molecule has 0 aliphatic carbocycles. The molecule has 2 unspecified atom stereocenters. The first-order valence-corrected chi connectivity index (χ1v) is 13.3. The number of fused-ring (bicyclic) bond motifs is 2. The van der Waals surface area contributed by atoms with Gasteiger partial charge in [-0.1, -0.05) is 11.6 Å². The molecule has 3 atom stereocenters. The number of ether oxygens (including phenoxy) is 1. The Kier molecular flexibility index (Phi) is 6.03. The number of hydrogen-bond acceptors (Lipinski definition) is 6. The number of carbonyl (C=O) groups is 1. The molecule has 198 valence electrons. The molecule has 0 aromatic carbocycles. The van der Waals surface area contributed by atoms with Crippen molar-refractivity contribution in [2.45, 2.75) is 71.7 Å². The molecule has 5 heterocycles. The largest absolute Gasteiger partial charge is 0.444 e. The van der Waals surface area contributed by atoms with Gasteiger partial charge in [0.15, 0.2) is 5.82 Å². The van der Waals surface area contributed by atoms with Gasteiger partial charge in [0.05, 0.1) is 0 Å².